The molecule has 0 aliphatic carbocycles. The molecule has 2 rings (SSSR count). The first-order valence-corrected chi connectivity index (χ1v) is 4.64. The van der Waals surface area contributed by atoms with Gasteiger partial charge in [-0.05, 0) is 12.1 Å². The second-order valence-corrected chi connectivity index (χ2v) is 3.54. The van der Waals surface area contributed by atoms with E-state index in [-0.39, 0.29) is 0 Å². The average Bonchev–Trinajstić information content (AvgIpc) is 2.54. The number of benzene rings is 1. The first-order valence-electron chi connectivity index (χ1n) is 3.38. The summed E-state index contributed by atoms with van der Waals surface area (Å²) in [6, 6.07) is 3.64. The van der Waals surface area contributed by atoms with Crippen molar-refractivity contribution in [1.29, 1.82) is 0 Å². The largest absolute Gasteiger partial charge is 0.494 e. The minimum absolute atomic E-state index is 0.730. The summed E-state index contributed by atoms with van der Waals surface area (Å²) in [5.74, 6) is 0.774. The van der Waals surface area contributed by atoms with Crippen LogP contribution in [0, 0.1) is 0 Å². The predicted molar refractivity (Wildman–Crippen MR) is 51.2 cm³/mol. The Hall–Kier alpha value is -0.800. The van der Waals surface area contributed by atoms with Crippen molar-refractivity contribution in [2.45, 2.75) is 0 Å². The number of methoxy groups -OCH3 is 1. The lowest BCUT2D eigenvalue weighted by molar-refractivity contribution is 0.419. The third-order valence-electron chi connectivity index (χ3n) is 1.62. The number of aromatic nitrogens is 1. The van der Waals surface area contributed by atoms with Crippen molar-refractivity contribution in [3.8, 4) is 5.75 Å². The number of thiazole rings is 1. The molecule has 0 N–H and O–H groups in total. The minimum atomic E-state index is 0.730. The van der Waals surface area contributed by atoms with E-state index in [9.17, 15) is 0 Å². The highest BCUT2D eigenvalue weighted by Gasteiger charge is 2.06. The molecule has 0 spiro atoms. The van der Waals surface area contributed by atoms with E-state index in [1.165, 1.54) is 11.3 Å². The number of fused-ring (bicyclic) bond motifs is 1. The Kier molecular flexibility index (Phi) is 1.90. The van der Waals surface area contributed by atoms with E-state index < -0.39 is 0 Å². The van der Waals surface area contributed by atoms with Crippen molar-refractivity contribution in [3.63, 3.8) is 0 Å². The number of hydrogen-bond donors (Lipinski definition) is 0. The number of hydrogen-bond acceptors (Lipinski definition) is 3. The van der Waals surface area contributed by atoms with Crippen LogP contribution < -0.4 is 4.74 Å². The summed E-state index contributed by atoms with van der Waals surface area (Å²) in [5, 5.41) is 0.730. The maximum atomic E-state index is 5.94. The van der Waals surface area contributed by atoms with Gasteiger partial charge >= 0.3 is 0 Å². The second kappa shape index (κ2) is 2.92. The van der Waals surface area contributed by atoms with E-state index in [1.54, 1.807) is 12.6 Å². The molecule has 0 amide bonds. The van der Waals surface area contributed by atoms with Crippen LogP contribution in [-0.4, -0.2) is 12.1 Å². The Morgan fingerprint density at radius 2 is 2.33 bits per heavy atom. The van der Waals surface area contributed by atoms with Gasteiger partial charge in [-0.25, -0.2) is 4.98 Å². The minimum Gasteiger partial charge on any atom is -0.494 e. The van der Waals surface area contributed by atoms with Crippen LogP contribution in [0.1, 0.15) is 0 Å². The van der Waals surface area contributed by atoms with E-state index in [2.05, 4.69) is 4.98 Å². The summed E-state index contributed by atoms with van der Waals surface area (Å²) in [6.07, 6.45) is 0. The molecule has 0 bridgehead atoms. The smallest absolute Gasteiger partial charge is 0.146 e. The summed E-state index contributed by atoms with van der Waals surface area (Å²) in [5.41, 5.74) is 2.61. The van der Waals surface area contributed by atoms with Crippen LogP contribution in [-0.2, 0) is 0 Å². The summed E-state index contributed by atoms with van der Waals surface area (Å²) in [6.45, 7) is 0. The maximum absolute atomic E-state index is 5.94. The first-order chi connectivity index (χ1) is 5.83. The monoisotopic (exact) mass is 199 g/mol. The molecule has 0 unspecified atom stereocenters. The van der Waals surface area contributed by atoms with E-state index in [4.69, 9.17) is 16.3 Å². The van der Waals surface area contributed by atoms with Gasteiger partial charge in [0.15, 0.2) is 0 Å². The second-order valence-electron chi connectivity index (χ2n) is 2.28. The van der Waals surface area contributed by atoms with Crippen LogP contribution in [0.3, 0.4) is 0 Å². The van der Waals surface area contributed by atoms with Crippen LogP contribution in [0.25, 0.3) is 10.2 Å². The zero-order valence-corrected chi connectivity index (χ0v) is 7.95. The molecular weight excluding hydrogens is 194 g/mol. The molecular formula is C8H6ClNOS. The lowest BCUT2D eigenvalue weighted by atomic mass is 10.3. The zero-order chi connectivity index (χ0) is 8.55. The zero-order valence-electron chi connectivity index (χ0n) is 6.37. The van der Waals surface area contributed by atoms with E-state index >= 15 is 0 Å². The van der Waals surface area contributed by atoms with E-state index in [0.717, 1.165) is 21.0 Å². The number of rotatable bonds is 1. The van der Waals surface area contributed by atoms with Crippen LogP contribution in [0.2, 0.25) is 5.02 Å². The highest BCUT2D eigenvalue weighted by atomic mass is 35.5. The van der Waals surface area contributed by atoms with Crippen molar-refractivity contribution in [1.82, 2.24) is 4.98 Å². The Morgan fingerprint density at radius 3 is 3.08 bits per heavy atom. The van der Waals surface area contributed by atoms with Gasteiger partial charge in [-0.3, -0.25) is 0 Å². The van der Waals surface area contributed by atoms with Gasteiger partial charge in [-0.2, -0.15) is 0 Å². The fraction of sp³-hybridized carbons (Fsp3) is 0.125. The Labute approximate surface area is 78.8 Å². The summed E-state index contributed by atoms with van der Waals surface area (Å²) < 4.78 is 6.11. The molecule has 2 nitrogen and oxygen atoms in total. The van der Waals surface area contributed by atoms with Gasteiger partial charge in [0.05, 0.1) is 22.3 Å². The number of ether oxygens (including phenoxy) is 1. The SMILES string of the molecule is COc1ccc(Cl)c2scnc12. The van der Waals surface area contributed by atoms with Crippen molar-refractivity contribution in [2.24, 2.45) is 0 Å². The molecule has 4 heteroatoms. The van der Waals surface area contributed by atoms with Crippen molar-refractivity contribution in [3.05, 3.63) is 22.7 Å². The Bertz CT molecular complexity index is 412. The van der Waals surface area contributed by atoms with E-state index in [0.29, 0.717) is 0 Å². The highest BCUT2D eigenvalue weighted by Crippen LogP contribution is 2.32. The molecule has 0 atom stereocenters. The fourth-order valence-corrected chi connectivity index (χ4v) is 2.05. The standard InChI is InChI=1S/C8H6ClNOS/c1-11-6-3-2-5(9)8-7(6)10-4-12-8/h2-4H,1H3. The lowest BCUT2D eigenvalue weighted by Crippen LogP contribution is -1.83. The van der Waals surface area contributed by atoms with Crippen LogP contribution in [0.4, 0.5) is 0 Å². The summed E-state index contributed by atoms with van der Waals surface area (Å²) in [7, 11) is 1.63. The number of nitrogens with zero attached hydrogens (tertiary/aromatic N) is 1. The number of halogens is 1. The predicted octanol–water partition coefficient (Wildman–Crippen LogP) is 2.96. The molecule has 0 fully saturated rings. The third-order valence-corrected chi connectivity index (χ3v) is 2.91. The van der Waals surface area contributed by atoms with Gasteiger partial charge in [-0.1, -0.05) is 11.6 Å². The van der Waals surface area contributed by atoms with Crippen molar-refractivity contribution < 1.29 is 4.74 Å². The molecule has 0 saturated heterocycles. The molecule has 12 heavy (non-hydrogen) atoms. The normalized spacial score (nSPS) is 10.5. The topological polar surface area (TPSA) is 22.1 Å². The van der Waals surface area contributed by atoms with E-state index in [1.807, 2.05) is 12.1 Å². The molecule has 2 aromatic rings. The summed E-state index contributed by atoms with van der Waals surface area (Å²) >= 11 is 7.46. The van der Waals surface area contributed by atoms with Crippen molar-refractivity contribution in [2.75, 3.05) is 7.11 Å². The molecule has 1 aromatic carbocycles. The highest BCUT2D eigenvalue weighted by molar-refractivity contribution is 7.17. The molecule has 1 aromatic heterocycles. The van der Waals surface area contributed by atoms with Crippen LogP contribution in [0.5, 0.6) is 5.75 Å². The van der Waals surface area contributed by atoms with Gasteiger partial charge in [0, 0.05) is 0 Å². The van der Waals surface area contributed by atoms with Gasteiger partial charge < -0.3 is 4.74 Å². The third kappa shape index (κ3) is 1.06. The quantitative estimate of drug-likeness (QED) is 0.705. The molecule has 0 radical (unpaired) electrons. The molecule has 1 heterocycles. The Morgan fingerprint density at radius 1 is 1.50 bits per heavy atom. The first kappa shape index (κ1) is 7.83. The lowest BCUT2D eigenvalue weighted by Gasteiger charge is -2.00. The van der Waals surface area contributed by atoms with Gasteiger partial charge in [0.1, 0.15) is 11.3 Å². The molecule has 0 saturated carbocycles. The van der Waals surface area contributed by atoms with Crippen molar-refractivity contribution >= 4 is 33.2 Å². The Balaban J connectivity index is 2.82. The fourth-order valence-electron chi connectivity index (χ4n) is 1.06. The van der Waals surface area contributed by atoms with Gasteiger partial charge in [-0.15, -0.1) is 11.3 Å². The maximum Gasteiger partial charge on any atom is 0.146 e. The summed E-state index contributed by atoms with van der Waals surface area (Å²) in [4.78, 5) is 4.16. The van der Waals surface area contributed by atoms with Gasteiger partial charge in [0.25, 0.3) is 0 Å². The van der Waals surface area contributed by atoms with Crippen LogP contribution in [0.15, 0.2) is 17.6 Å². The molecule has 0 aliphatic heterocycles. The molecule has 62 valence electrons. The average molecular weight is 200 g/mol. The molecule has 0 aliphatic rings. The van der Waals surface area contributed by atoms with Gasteiger partial charge in [0.2, 0.25) is 0 Å². The van der Waals surface area contributed by atoms with Crippen LogP contribution >= 0.6 is 22.9 Å².